The number of thioether (sulfide) groups is 1. The first-order valence-electron chi connectivity index (χ1n) is 13.0. The van der Waals surface area contributed by atoms with E-state index in [0.29, 0.717) is 18.3 Å². The zero-order chi connectivity index (χ0) is 25.9. The summed E-state index contributed by atoms with van der Waals surface area (Å²) in [7, 11) is 5.22. The fourth-order valence-electron chi connectivity index (χ4n) is 5.77. The molecule has 5 rings (SSSR count). The molecule has 2 aromatic carbocycles. The highest BCUT2D eigenvalue weighted by Gasteiger charge is 2.44. The number of hydrogen-bond donors (Lipinski definition) is 0. The SMILES string of the molecule is COc1ccccc1/C=C1\SC2CCC(C(=O)N3CCN(c4ccccc4OC)CC3)CC2N(C)C1=O. The number of rotatable bonds is 5. The van der Waals surface area contributed by atoms with E-state index < -0.39 is 0 Å². The first-order valence-corrected chi connectivity index (χ1v) is 13.8. The van der Waals surface area contributed by atoms with Crippen LogP contribution in [0.3, 0.4) is 0 Å². The van der Waals surface area contributed by atoms with Crippen molar-refractivity contribution in [1.82, 2.24) is 9.80 Å². The molecule has 0 bridgehead atoms. The third kappa shape index (κ3) is 5.17. The van der Waals surface area contributed by atoms with E-state index in [-0.39, 0.29) is 23.8 Å². The highest BCUT2D eigenvalue weighted by molar-refractivity contribution is 8.04. The van der Waals surface area contributed by atoms with Gasteiger partial charge in [0.1, 0.15) is 11.5 Å². The number of likely N-dealkylation sites (N-methyl/N-ethyl adjacent to an activating group) is 1. The lowest BCUT2D eigenvalue weighted by Crippen LogP contribution is -2.55. The minimum atomic E-state index is -0.0327. The second kappa shape index (κ2) is 11.1. The summed E-state index contributed by atoms with van der Waals surface area (Å²) in [6.45, 7) is 2.99. The highest BCUT2D eigenvalue weighted by Crippen LogP contribution is 2.44. The van der Waals surface area contributed by atoms with Gasteiger partial charge < -0.3 is 24.2 Å². The van der Waals surface area contributed by atoms with Gasteiger partial charge in [-0.3, -0.25) is 9.59 Å². The number of para-hydroxylation sites is 3. The Bertz CT molecular complexity index is 1180. The van der Waals surface area contributed by atoms with Crippen LogP contribution in [0.25, 0.3) is 6.08 Å². The molecule has 0 aromatic heterocycles. The number of carbonyl (C=O) groups is 2. The number of fused-ring (bicyclic) bond motifs is 1. The van der Waals surface area contributed by atoms with Crippen molar-refractivity contribution in [1.29, 1.82) is 0 Å². The predicted octanol–water partition coefficient (Wildman–Crippen LogP) is 4.14. The van der Waals surface area contributed by atoms with Crippen LogP contribution >= 0.6 is 11.8 Å². The van der Waals surface area contributed by atoms with E-state index in [0.717, 1.165) is 60.0 Å². The maximum absolute atomic E-state index is 13.5. The Labute approximate surface area is 223 Å². The normalized spacial score (nSPS) is 25.2. The smallest absolute Gasteiger partial charge is 0.260 e. The van der Waals surface area contributed by atoms with Gasteiger partial charge in [0.05, 0.1) is 24.8 Å². The average Bonchev–Trinajstić information content (AvgIpc) is 2.95. The number of ether oxygens (including phenoxy) is 2. The average molecular weight is 522 g/mol. The Morgan fingerprint density at radius 1 is 0.946 bits per heavy atom. The number of methoxy groups -OCH3 is 2. The molecule has 1 aliphatic carbocycles. The lowest BCUT2D eigenvalue weighted by molar-refractivity contribution is -0.139. The molecule has 2 heterocycles. The maximum Gasteiger partial charge on any atom is 0.260 e. The molecule has 1 saturated carbocycles. The van der Waals surface area contributed by atoms with Crippen molar-refractivity contribution in [2.45, 2.75) is 30.6 Å². The minimum Gasteiger partial charge on any atom is -0.496 e. The van der Waals surface area contributed by atoms with Crippen LogP contribution in [0.15, 0.2) is 53.4 Å². The summed E-state index contributed by atoms with van der Waals surface area (Å²) in [6.07, 6.45) is 4.46. The number of hydrogen-bond acceptors (Lipinski definition) is 6. The Hall–Kier alpha value is -3.13. The van der Waals surface area contributed by atoms with Gasteiger partial charge in [-0.15, -0.1) is 11.8 Å². The van der Waals surface area contributed by atoms with Crippen molar-refractivity contribution in [3.63, 3.8) is 0 Å². The third-order valence-corrected chi connectivity index (χ3v) is 9.25. The van der Waals surface area contributed by atoms with Crippen LogP contribution < -0.4 is 14.4 Å². The van der Waals surface area contributed by atoms with Crippen LogP contribution in [0.4, 0.5) is 5.69 Å². The molecule has 2 aliphatic heterocycles. The van der Waals surface area contributed by atoms with Crippen LogP contribution in [0, 0.1) is 5.92 Å². The van der Waals surface area contributed by atoms with Crippen LogP contribution in [0.2, 0.25) is 0 Å². The summed E-state index contributed by atoms with van der Waals surface area (Å²) in [4.78, 5) is 33.7. The zero-order valence-corrected chi connectivity index (χ0v) is 22.6. The largest absolute Gasteiger partial charge is 0.496 e. The summed E-state index contributed by atoms with van der Waals surface area (Å²) in [5, 5.41) is 0.301. The molecule has 2 amide bonds. The van der Waals surface area contributed by atoms with E-state index in [1.54, 1.807) is 26.0 Å². The number of amides is 2. The predicted molar refractivity (Wildman–Crippen MR) is 148 cm³/mol. The lowest BCUT2D eigenvalue weighted by Gasteiger charge is -2.45. The molecule has 0 N–H and O–H groups in total. The molecule has 0 spiro atoms. The van der Waals surface area contributed by atoms with Gasteiger partial charge in [0.25, 0.3) is 5.91 Å². The van der Waals surface area contributed by atoms with Crippen LogP contribution in [0.5, 0.6) is 11.5 Å². The number of nitrogens with zero attached hydrogens (tertiary/aromatic N) is 3. The molecule has 2 aromatic rings. The number of piperazine rings is 1. The number of benzene rings is 2. The zero-order valence-electron chi connectivity index (χ0n) is 21.8. The molecule has 2 saturated heterocycles. The van der Waals surface area contributed by atoms with Gasteiger partial charge in [-0.1, -0.05) is 30.3 Å². The highest BCUT2D eigenvalue weighted by atomic mass is 32.2. The van der Waals surface area contributed by atoms with E-state index in [2.05, 4.69) is 11.0 Å². The molecule has 3 fully saturated rings. The van der Waals surface area contributed by atoms with Crippen LogP contribution in [-0.4, -0.2) is 80.4 Å². The van der Waals surface area contributed by atoms with Gasteiger partial charge in [-0.05, 0) is 43.5 Å². The Balaban J connectivity index is 1.21. The lowest BCUT2D eigenvalue weighted by atomic mass is 9.83. The quantitative estimate of drug-likeness (QED) is 0.552. The number of anilines is 1. The molecule has 8 heteroatoms. The second-order valence-electron chi connectivity index (χ2n) is 9.88. The molecule has 0 radical (unpaired) electrons. The molecular weight excluding hydrogens is 486 g/mol. The topological polar surface area (TPSA) is 62.3 Å². The molecule has 7 nitrogen and oxygen atoms in total. The van der Waals surface area contributed by atoms with Crippen molar-refractivity contribution in [2.75, 3.05) is 52.3 Å². The van der Waals surface area contributed by atoms with E-state index in [1.165, 1.54) is 0 Å². The standard InChI is InChI=1S/C29H35N3O4S/c1-30-23-18-21(28(33)32-16-14-31(15-17-32)22-9-5-7-11-25(22)36-3)12-13-26(23)37-27(29(30)34)19-20-8-4-6-10-24(20)35-2/h4-11,19,21,23,26H,12-18H2,1-3H3/b27-19-. The van der Waals surface area contributed by atoms with Gasteiger partial charge >= 0.3 is 0 Å². The van der Waals surface area contributed by atoms with E-state index in [1.807, 2.05) is 65.4 Å². The Kier molecular flexibility index (Phi) is 7.65. The fraction of sp³-hybridized carbons (Fsp3) is 0.448. The van der Waals surface area contributed by atoms with E-state index in [4.69, 9.17) is 9.47 Å². The number of carbonyl (C=O) groups excluding carboxylic acids is 2. The van der Waals surface area contributed by atoms with Crippen LogP contribution in [-0.2, 0) is 9.59 Å². The molecule has 3 unspecified atom stereocenters. The molecule has 3 aliphatic rings. The first kappa shape index (κ1) is 25.5. The molecular formula is C29H35N3O4S. The van der Waals surface area contributed by atoms with Crippen molar-refractivity contribution < 1.29 is 19.1 Å². The minimum absolute atomic E-state index is 0.0238. The van der Waals surface area contributed by atoms with Gasteiger partial charge in [-0.2, -0.15) is 0 Å². The van der Waals surface area contributed by atoms with Gasteiger partial charge in [-0.25, -0.2) is 0 Å². The summed E-state index contributed by atoms with van der Waals surface area (Å²) < 4.78 is 11.0. The van der Waals surface area contributed by atoms with Gasteiger partial charge in [0.15, 0.2) is 0 Å². The third-order valence-electron chi connectivity index (χ3n) is 7.85. The summed E-state index contributed by atoms with van der Waals surface area (Å²) >= 11 is 1.66. The van der Waals surface area contributed by atoms with Crippen molar-refractivity contribution >= 4 is 35.3 Å². The first-order chi connectivity index (χ1) is 18.0. The molecule has 196 valence electrons. The van der Waals surface area contributed by atoms with E-state index >= 15 is 0 Å². The fourth-order valence-corrected chi connectivity index (χ4v) is 7.24. The Morgan fingerprint density at radius 2 is 1.62 bits per heavy atom. The van der Waals surface area contributed by atoms with Gasteiger partial charge in [0.2, 0.25) is 5.91 Å². The molecule has 37 heavy (non-hydrogen) atoms. The second-order valence-corrected chi connectivity index (χ2v) is 11.2. The molecule has 3 atom stereocenters. The summed E-state index contributed by atoms with van der Waals surface area (Å²) in [6, 6.07) is 15.9. The summed E-state index contributed by atoms with van der Waals surface area (Å²) in [5.74, 6) is 1.85. The summed E-state index contributed by atoms with van der Waals surface area (Å²) in [5.41, 5.74) is 1.98. The maximum atomic E-state index is 13.5. The Morgan fingerprint density at radius 3 is 2.35 bits per heavy atom. The van der Waals surface area contributed by atoms with Crippen molar-refractivity contribution in [3.8, 4) is 11.5 Å². The van der Waals surface area contributed by atoms with E-state index in [9.17, 15) is 9.59 Å². The van der Waals surface area contributed by atoms with Gasteiger partial charge in [0, 0.05) is 56.0 Å². The van der Waals surface area contributed by atoms with Crippen molar-refractivity contribution in [2.24, 2.45) is 5.92 Å². The van der Waals surface area contributed by atoms with Crippen molar-refractivity contribution in [3.05, 3.63) is 59.0 Å². The monoisotopic (exact) mass is 521 g/mol. The van der Waals surface area contributed by atoms with Crippen LogP contribution in [0.1, 0.15) is 24.8 Å².